The summed E-state index contributed by atoms with van der Waals surface area (Å²) in [4.78, 5) is 23.7. The molecule has 1 N–H and O–H groups in total. The first-order chi connectivity index (χ1) is 18.5. The number of esters is 1. The van der Waals surface area contributed by atoms with Gasteiger partial charge in [0, 0.05) is 18.2 Å². The molecular weight excluding hydrogens is 506 g/mol. The van der Waals surface area contributed by atoms with E-state index in [0.29, 0.717) is 28.0 Å². The Morgan fingerprint density at radius 1 is 0.974 bits per heavy atom. The van der Waals surface area contributed by atoms with Crippen LogP contribution >= 0.6 is 11.8 Å². The van der Waals surface area contributed by atoms with Gasteiger partial charge in [0.2, 0.25) is 0 Å². The number of nitrogens with one attached hydrogen (secondary N) is 1. The Hall–Kier alpha value is -4.64. The number of carbonyl (C=O) groups excluding carboxylic acids is 2. The SMILES string of the molecule is COc1ccc(-c2nnc(SCC(=O)NN=Cc3ccc(OC(C)=O)c(OC)c3)n2-c2ccccc2)cc1. The molecule has 10 nitrogen and oxygen atoms in total. The van der Waals surface area contributed by atoms with Gasteiger partial charge in [-0.1, -0.05) is 30.0 Å². The summed E-state index contributed by atoms with van der Waals surface area (Å²) in [7, 11) is 3.08. The number of hydrazone groups is 1. The second kappa shape index (κ2) is 12.5. The molecule has 3 aromatic carbocycles. The second-order valence-electron chi connectivity index (χ2n) is 7.79. The first-order valence-corrected chi connectivity index (χ1v) is 12.4. The van der Waals surface area contributed by atoms with Crippen LogP contribution in [0.1, 0.15) is 12.5 Å². The summed E-state index contributed by atoms with van der Waals surface area (Å²) in [6, 6.07) is 22.1. The zero-order valence-electron chi connectivity index (χ0n) is 21.0. The van der Waals surface area contributed by atoms with Gasteiger partial charge in [-0.05, 0) is 60.2 Å². The summed E-state index contributed by atoms with van der Waals surface area (Å²) < 4.78 is 17.5. The number of carbonyl (C=O) groups is 2. The van der Waals surface area contributed by atoms with Gasteiger partial charge in [0.05, 0.1) is 26.2 Å². The van der Waals surface area contributed by atoms with E-state index in [1.54, 1.807) is 25.3 Å². The van der Waals surface area contributed by atoms with Crippen LogP contribution in [-0.2, 0) is 9.59 Å². The van der Waals surface area contributed by atoms with Gasteiger partial charge in [0.15, 0.2) is 22.5 Å². The Balaban J connectivity index is 1.45. The van der Waals surface area contributed by atoms with Crippen molar-refractivity contribution < 1.29 is 23.8 Å². The van der Waals surface area contributed by atoms with Crippen molar-refractivity contribution >= 4 is 29.9 Å². The van der Waals surface area contributed by atoms with Crippen LogP contribution in [0.2, 0.25) is 0 Å². The van der Waals surface area contributed by atoms with Crippen molar-refractivity contribution in [3.63, 3.8) is 0 Å². The van der Waals surface area contributed by atoms with Gasteiger partial charge in [-0.25, -0.2) is 5.43 Å². The van der Waals surface area contributed by atoms with Crippen LogP contribution in [0.3, 0.4) is 0 Å². The van der Waals surface area contributed by atoms with Crippen molar-refractivity contribution in [2.24, 2.45) is 5.10 Å². The lowest BCUT2D eigenvalue weighted by Gasteiger charge is -2.10. The minimum atomic E-state index is -0.450. The molecule has 0 atom stereocenters. The van der Waals surface area contributed by atoms with E-state index in [0.717, 1.165) is 17.0 Å². The smallest absolute Gasteiger partial charge is 0.308 e. The minimum absolute atomic E-state index is 0.0691. The third kappa shape index (κ3) is 6.56. The zero-order valence-corrected chi connectivity index (χ0v) is 21.8. The zero-order chi connectivity index (χ0) is 26.9. The number of aromatic nitrogens is 3. The first kappa shape index (κ1) is 26.4. The number of nitrogens with zero attached hydrogens (tertiary/aromatic N) is 4. The lowest BCUT2D eigenvalue weighted by atomic mass is 10.2. The molecule has 1 heterocycles. The molecule has 0 radical (unpaired) electrons. The number of ether oxygens (including phenoxy) is 3. The van der Waals surface area contributed by atoms with E-state index in [1.165, 1.54) is 32.0 Å². The van der Waals surface area contributed by atoms with Crippen molar-refractivity contribution in [2.75, 3.05) is 20.0 Å². The average molecular weight is 532 g/mol. The molecule has 1 amide bonds. The molecule has 0 saturated heterocycles. The summed E-state index contributed by atoms with van der Waals surface area (Å²) >= 11 is 1.24. The van der Waals surface area contributed by atoms with E-state index in [-0.39, 0.29) is 11.7 Å². The monoisotopic (exact) mass is 531 g/mol. The van der Waals surface area contributed by atoms with Gasteiger partial charge in [0.25, 0.3) is 5.91 Å². The van der Waals surface area contributed by atoms with Crippen molar-refractivity contribution in [3.05, 3.63) is 78.4 Å². The Morgan fingerprint density at radius 2 is 1.74 bits per heavy atom. The van der Waals surface area contributed by atoms with E-state index in [9.17, 15) is 9.59 Å². The van der Waals surface area contributed by atoms with Crippen molar-refractivity contribution in [2.45, 2.75) is 12.1 Å². The molecule has 38 heavy (non-hydrogen) atoms. The largest absolute Gasteiger partial charge is 0.497 e. The van der Waals surface area contributed by atoms with Gasteiger partial charge in [-0.3, -0.25) is 14.2 Å². The number of hydrogen-bond donors (Lipinski definition) is 1. The summed E-state index contributed by atoms with van der Waals surface area (Å²) in [5.41, 5.74) is 4.89. The lowest BCUT2D eigenvalue weighted by Crippen LogP contribution is -2.20. The highest BCUT2D eigenvalue weighted by molar-refractivity contribution is 7.99. The van der Waals surface area contributed by atoms with Crippen LogP contribution in [-0.4, -0.2) is 52.8 Å². The maximum absolute atomic E-state index is 12.5. The predicted octanol–water partition coefficient (Wildman–Crippen LogP) is 4.12. The molecule has 0 spiro atoms. The van der Waals surface area contributed by atoms with Crippen molar-refractivity contribution in [3.8, 4) is 34.3 Å². The normalized spacial score (nSPS) is 10.8. The number of methoxy groups -OCH3 is 2. The van der Waals surface area contributed by atoms with Crippen LogP contribution in [0, 0.1) is 0 Å². The lowest BCUT2D eigenvalue weighted by molar-refractivity contribution is -0.132. The topological polar surface area (TPSA) is 117 Å². The number of thioether (sulfide) groups is 1. The molecule has 4 aromatic rings. The number of rotatable bonds is 10. The number of benzene rings is 3. The second-order valence-corrected chi connectivity index (χ2v) is 8.73. The maximum Gasteiger partial charge on any atom is 0.308 e. The molecule has 0 bridgehead atoms. The van der Waals surface area contributed by atoms with E-state index in [2.05, 4.69) is 20.7 Å². The fourth-order valence-electron chi connectivity index (χ4n) is 3.45. The molecule has 0 aliphatic heterocycles. The van der Waals surface area contributed by atoms with Gasteiger partial charge in [0.1, 0.15) is 5.75 Å². The van der Waals surface area contributed by atoms with Crippen LogP contribution < -0.4 is 19.6 Å². The van der Waals surface area contributed by atoms with Gasteiger partial charge < -0.3 is 14.2 Å². The van der Waals surface area contributed by atoms with E-state index < -0.39 is 5.97 Å². The van der Waals surface area contributed by atoms with E-state index >= 15 is 0 Å². The molecule has 0 aliphatic carbocycles. The minimum Gasteiger partial charge on any atom is -0.497 e. The molecule has 11 heteroatoms. The fourth-order valence-corrected chi connectivity index (χ4v) is 4.19. The third-order valence-corrected chi connectivity index (χ3v) is 6.10. The Kier molecular flexibility index (Phi) is 8.73. The predicted molar refractivity (Wildman–Crippen MR) is 144 cm³/mol. The van der Waals surface area contributed by atoms with Crippen LogP contribution in [0.5, 0.6) is 17.2 Å². The number of para-hydroxylation sites is 1. The van der Waals surface area contributed by atoms with Crippen LogP contribution in [0.4, 0.5) is 0 Å². The van der Waals surface area contributed by atoms with Gasteiger partial charge >= 0.3 is 5.97 Å². The highest BCUT2D eigenvalue weighted by Crippen LogP contribution is 2.29. The average Bonchev–Trinajstić information content (AvgIpc) is 3.37. The fraction of sp³-hybridized carbons (Fsp3) is 0.148. The number of hydrogen-bond acceptors (Lipinski definition) is 9. The summed E-state index contributed by atoms with van der Waals surface area (Å²) in [5, 5.41) is 13.3. The quantitative estimate of drug-likeness (QED) is 0.107. The molecule has 194 valence electrons. The molecule has 4 rings (SSSR count). The molecule has 0 aliphatic rings. The molecule has 0 unspecified atom stereocenters. The third-order valence-electron chi connectivity index (χ3n) is 5.17. The van der Waals surface area contributed by atoms with Gasteiger partial charge in [-0.2, -0.15) is 5.10 Å². The molecule has 0 fully saturated rings. The van der Waals surface area contributed by atoms with Crippen molar-refractivity contribution in [1.29, 1.82) is 0 Å². The summed E-state index contributed by atoms with van der Waals surface area (Å²) in [6.45, 7) is 1.31. The van der Waals surface area contributed by atoms with Crippen LogP contribution in [0.25, 0.3) is 17.1 Å². The van der Waals surface area contributed by atoms with Gasteiger partial charge in [-0.15, -0.1) is 10.2 Å². The summed E-state index contributed by atoms with van der Waals surface area (Å²) in [5.74, 6) is 1.36. The number of amides is 1. The Labute approximate surface area is 223 Å². The Morgan fingerprint density at radius 3 is 2.42 bits per heavy atom. The summed E-state index contributed by atoms with van der Waals surface area (Å²) in [6.07, 6.45) is 1.47. The first-order valence-electron chi connectivity index (χ1n) is 11.4. The Bertz CT molecular complexity index is 1440. The molecule has 1 aromatic heterocycles. The maximum atomic E-state index is 12.5. The highest BCUT2D eigenvalue weighted by atomic mass is 32.2. The van der Waals surface area contributed by atoms with Crippen molar-refractivity contribution in [1.82, 2.24) is 20.2 Å². The molecule has 0 saturated carbocycles. The molecular formula is C27H25N5O5S. The highest BCUT2D eigenvalue weighted by Gasteiger charge is 2.17. The standard InChI is InChI=1S/C27H25N5O5S/c1-18(33)37-23-14-9-19(15-24(23)36-3)16-28-29-25(34)17-38-27-31-30-26(20-10-12-22(35-2)13-11-20)32(27)21-7-5-4-6-8-21/h4-16H,17H2,1-3H3,(H,29,34). The van der Waals surface area contributed by atoms with E-state index in [4.69, 9.17) is 14.2 Å². The van der Waals surface area contributed by atoms with E-state index in [1.807, 2.05) is 59.2 Å². The van der Waals surface area contributed by atoms with Crippen LogP contribution in [0.15, 0.2) is 83.1 Å².